The number of likely N-dealkylation sites (tertiary alicyclic amines) is 1. The summed E-state index contributed by atoms with van der Waals surface area (Å²) in [7, 11) is 2.40. The molecule has 0 aromatic heterocycles. The number of carbonyl (C=O) groups is 3. The summed E-state index contributed by atoms with van der Waals surface area (Å²) in [6.07, 6.45) is -0.163. The fraction of sp³-hybridized carbons (Fsp3) is 0.400. The predicted molar refractivity (Wildman–Crippen MR) is 81.0 cm³/mol. The van der Waals surface area contributed by atoms with E-state index in [1.54, 1.807) is 0 Å². The summed E-state index contributed by atoms with van der Waals surface area (Å²) < 4.78 is 10.2. The summed E-state index contributed by atoms with van der Waals surface area (Å²) in [6.45, 7) is 0. The average molecular weight is 370 g/mol. The topological polar surface area (TPSA) is 72.9 Å². The van der Waals surface area contributed by atoms with Gasteiger partial charge in [-0.3, -0.25) is 4.79 Å². The fourth-order valence-corrected chi connectivity index (χ4v) is 3.04. The third-order valence-electron chi connectivity index (χ3n) is 3.62. The van der Waals surface area contributed by atoms with Crippen molar-refractivity contribution in [1.29, 1.82) is 0 Å². The molecule has 2 atom stereocenters. The van der Waals surface area contributed by atoms with Gasteiger partial charge in [0.25, 0.3) is 0 Å². The van der Waals surface area contributed by atoms with E-state index >= 15 is 0 Å². The van der Waals surface area contributed by atoms with Gasteiger partial charge >= 0.3 is 12.1 Å². The van der Waals surface area contributed by atoms with Crippen LogP contribution in [0.1, 0.15) is 12.0 Å². The lowest BCUT2D eigenvalue weighted by Gasteiger charge is -2.18. The first-order valence-electron chi connectivity index (χ1n) is 6.71. The second-order valence-electron chi connectivity index (χ2n) is 4.98. The van der Waals surface area contributed by atoms with Gasteiger partial charge in [-0.1, -0.05) is 28.1 Å². The molecule has 1 saturated heterocycles. The molecule has 1 aromatic rings. The molecule has 0 spiro atoms. The molecule has 0 aliphatic carbocycles. The molecule has 0 saturated carbocycles. The normalized spacial score (nSPS) is 20.9. The number of hydrogen-bond donors (Lipinski definition) is 0. The smallest absolute Gasteiger partial charge is 0.417 e. The highest BCUT2D eigenvalue weighted by atomic mass is 79.9. The molecule has 1 fully saturated rings. The van der Waals surface area contributed by atoms with E-state index in [0.717, 1.165) is 14.9 Å². The Morgan fingerprint density at radius 1 is 1.32 bits per heavy atom. The molecule has 1 aromatic carbocycles. The van der Waals surface area contributed by atoms with Crippen LogP contribution in [-0.4, -0.2) is 43.1 Å². The highest BCUT2D eigenvalue weighted by molar-refractivity contribution is 9.10. The summed E-state index contributed by atoms with van der Waals surface area (Å²) in [5, 5.41) is 0. The molecular weight excluding hydrogens is 354 g/mol. The van der Waals surface area contributed by atoms with Crippen molar-refractivity contribution in [2.75, 3.05) is 14.2 Å². The van der Waals surface area contributed by atoms with Crippen LogP contribution in [0.15, 0.2) is 28.7 Å². The number of imide groups is 1. The van der Waals surface area contributed by atoms with E-state index in [1.165, 1.54) is 14.2 Å². The molecule has 1 aliphatic rings. The first-order chi connectivity index (χ1) is 10.5. The SMILES string of the molecule is COC(=O)[C@@H]1C[C@@H](Cc2cccc(Br)c2)C(=O)N1C(=O)OC. The first-order valence-corrected chi connectivity index (χ1v) is 7.50. The molecule has 0 radical (unpaired) electrons. The molecule has 118 valence electrons. The Labute approximate surface area is 136 Å². The van der Waals surface area contributed by atoms with E-state index in [-0.39, 0.29) is 6.42 Å². The van der Waals surface area contributed by atoms with Gasteiger partial charge < -0.3 is 9.47 Å². The molecule has 2 rings (SSSR count). The molecule has 1 aliphatic heterocycles. The molecule has 2 amide bonds. The summed E-state index contributed by atoms with van der Waals surface area (Å²) in [5.41, 5.74) is 0.947. The van der Waals surface area contributed by atoms with Gasteiger partial charge in [-0.25, -0.2) is 14.5 Å². The average Bonchev–Trinajstić information content (AvgIpc) is 2.83. The summed E-state index contributed by atoms with van der Waals surface area (Å²) >= 11 is 3.38. The highest BCUT2D eigenvalue weighted by Gasteiger charge is 2.47. The number of benzene rings is 1. The molecule has 1 heterocycles. The van der Waals surface area contributed by atoms with Crippen LogP contribution in [0.3, 0.4) is 0 Å². The van der Waals surface area contributed by atoms with Crippen LogP contribution in [-0.2, 0) is 25.5 Å². The van der Waals surface area contributed by atoms with E-state index in [1.807, 2.05) is 24.3 Å². The van der Waals surface area contributed by atoms with Crippen LogP contribution in [0.4, 0.5) is 4.79 Å². The van der Waals surface area contributed by atoms with E-state index < -0.39 is 29.9 Å². The lowest BCUT2D eigenvalue weighted by Crippen LogP contribution is -2.43. The molecule has 0 unspecified atom stereocenters. The van der Waals surface area contributed by atoms with Gasteiger partial charge in [-0.15, -0.1) is 0 Å². The first kappa shape index (κ1) is 16.5. The van der Waals surface area contributed by atoms with Crippen LogP contribution in [0.5, 0.6) is 0 Å². The highest BCUT2D eigenvalue weighted by Crippen LogP contribution is 2.29. The van der Waals surface area contributed by atoms with Gasteiger partial charge in [0.05, 0.1) is 14.2 Å². The summed E-state index contributed by atoms with van der Waals surface area (Å²) in [4.78, 5) is 36.9. The molecule has 7 heteroatoms. The minimum atomic E-state index is -0.929. The fourth-order valence-electron chi connectivity index (χ4n) is 2.60. The van der Waals surface area contributed by atoms with Gasteiger partial charge in [0.15, 0.2) is 0 Å². The minimum Gasteiger partial charge on any atom is -0.467 e. The van der Waals surface area contributed by atoms with Gasteiger partial charge in [0.1, 0.15) is 6.04 Å². The van der Waals surface area contributed by atoms with Crippen LogP contribution in [0, 0.1) is 5.92 Å². The van der Waals surface area contributed by atoms with Crippen molar-refractivity contribution in [1.82, 2.24) is 4.90 Å². The molecule has 0 N–H and O–H groups in total. The predicted octanol–water partition coefficient (Wildman–Crippen LogP) is 2.15. The lowest BCUT2D eigenvalue weighted by molar-refractivity contribution is -0.148. The number of ether oxygens (including phenoxy) is 2. The van der Waals surface area contributed by atoms with Crippen molar-refractivity contribution in [2.45, 2.75) is 18.9 Å². The quantitative estimate of drug-likeness (QED) is 0.763. The third kappa shape index (κ3) is 3.30. The molecule has 6 nitrogen and oxygen atoms in total. The number of carbonyl (C=O) groups excluding carboxylic acids is 3. The van der Waals surface area contributed by atoms with Crippen molar-refractivity contribution in [3.05, 3.63) is 34.3 Å². The van der Waals surface area contributed by atoms with E-state index in [2.05, 4.69) is 25.4 Å². The van der Waals surface area contributed by atoms with Gasteiger partial charge in [-0.05, 0) is 30.5 Å². The zero-order chi connectivity index (χ0) is 16.3. The van der Waals surface area contributed by atoms with E-state index in [9.17, 15) is 14.4 Å². The second-order valence-corrected chi connectivity index (χ2v) is 5.90. The third-order valence-corrected chi connectivity index (χ3v) is 4.12. The number of rotatable bonds is 3. The number of halogens is 1. The maximum Gasteiger partial charge on any atom is 0.417 e. The Balaban J connectivity index is 2.21. The summed E-state index contributed by atoms with van der Waals surface area (Å²) in [5.74, 6) is -1.49. The number of amides is 2. The maximum absolute atomic E-state index is 12.4. The zero-order valence-corrected chi connectivity index (χ0v) is 13.8. The Hall–Kier alpha value is -1.89. The number of methoxy groups -OCH3 is 2. The molecular formula is C15H16BrNO5. The number of nitrogens with zero attached hydrogens (tertiary/aromatic N) is 1. The van der Waals surface area contributed by atoms with Crippen molar-refractivity contribution in [3.8, 4) is 0 Å². The van der Waals surface area contributed by atoms with Crippen LogP contribution < -0.4 is 0 Å². The van der Waals surface area contributed by atoms with E-state index in [4.69, 9.17) is 0 Å². The van der Waals surface area contributed by atoms with Gasteiger partial charge in [0, 0.05) is 10.4 Å². The molecule has 0 bridgehead atoms. The van der Waals surface area contributed by atoms with Crippen molar-refractivity contribution < 1.29 is 23.9 Å². The van der Waals surface area contributed by atoms with Crippen molar-refractivity contribution in [3.63, 3.8) is 0 Å². The molecule has 22 heavy (non-hydrogen) atoms. The standard InChI is InChI=1S/C15H16BrNO5/c1-21-14(19)12-8-10(13(18)17(12)15(20)22-2)6-9-4-3-5-11(16)7-9/h3-5,7,10,12H,6,8H2,1-2H3/t10-,12+/m1/s1. The number of esters is 1. The monoisotopic (exact) mass is 369 g/mol. The maximum atomic E-state index is 12.4. The Kier molecular flexibility index (Phi) is 5.18. The van der Waals surface area contributed by atoms with Crippen LogP contribution in [0.2, 0.25) is 0 Å². The summed E-state index contributed by atoms with van der Waals surface area (Å²) in [6, 6.07) is 6.63. The Bertz CT molecular complexity index is 603. The van der Waals surface area contributed by atoms with Crippen LogP contribution in [0.25, 0.3) is 0 Å². The van der Waals surface area contributed by atoms with E-state index in [0.29, 0.717) is 6.42 Å². The lowest BCUT2D eigenvalue weighted by atomic mass is 9.96. The van der Waals surface area contributed by atoms with Gasteiger partial charge in [-0.2, -0.15) is 0 Å². The van der Waals surface area contributed by atoms with Crippen molar-refractivity contribution >= 4 is 33.9 Å². The zero-order valence-electron chi connectivity index (χ0n) is 12.2. The van der Waals surface area contributed by atoms with Gasteiger partial charge in [0.2, 0.25) is 5.91 Å². The largest absolute Gasteiger partial charge is 0.467 e. The minimum absolute atomic E-state index is 0.229. The number of hydrogen-bond acceptors (Lipinski definition) is 5. The Morgan fingerprint density at radius 2 is 2.05 bits per heavy atom. The second kappa shape index (κ2) is 6.91. The van der Waals surface area contributed by atoms with Crippen molar-refractivity contribution in [2.24, 2.45) is 5.92 Å². The van der Waals surface area contributed by atoms with Crippen LogP contribution >= 0.6 is 15.9 Å². The Morgan fingerprint density at radius 3 is 2.64 bits per heavy atom.